The standard InChI is InChI=1S/C8H12O8/c1-3(9)7(13)16-8(14)6(12)5(11)4(10)2-15-8/h4-6,10-12,14H,2H2,1H3/t4-,5+,6-,8?/m1/s1. The van der Waals surface area contributed by atoms with Crippen molar-refractivity contribution in [2.45, 2.75) is 31.2 Å². The third-order valence-electron chi connectivity index (χ3n) is 2.08. The Labute approximate surface area is 90.0 Å². The maximum atomic E-state index is 10.9. The highest BCUT2D eigenvalue weighted by Crippen LogP contribution is 2.25. The van der Waals surface area contributed by atoms with Crippen LogP contribution in [0.2, 0.25) is 0 Å². The van der Waals surface area contributed by atoms with E-state index in [1.54, 1.807) is 0 Å². The van der Waals surface area contributed by atoms with Crippen LogP contribution >= 0.6 is 0 Å². The molecule has 1 rings (SSSR count). The van der Waals surface area contributed by atoms with Crippen molar-refractivity contribution in [3.63, 3.8) is 0 Å². The Morgan fingerprint density at radius 1 is 1.38 bits per heavy atom. The molecule has 0 aliphatic carbocycles. The first kappa shape index (κ1) is 13.0. The van der Waals surface area contributed by atoms with Crippen molar-refractivity contribution in [1.29, 1.82) is 0 Å². The van der Waals surface area contributed by atoms with E-state index in [-0.39, 0.29) is 0 Å². The molecule has 92 valence electrons. The number of carbonyl (C=O) groups excluding carboxylic acids is 2. The smallest absolute Gasteiger partial charge is 0.378 e. The van der Waals surface area contributed by atoms with Crippen LogP contribution in [0.4, 0.5) is 0 Å². The second kappa shape index (κ2) is 4.44. The lowest BCUT2D eigenvalue weighted by Crippen LogP contribution is -2.62. The summed E-state index contributed by atoms with van der Waals surface area (Å²) in [6.45, 7) is 0.339. The Balaban J connectivity index is 2.77. The fraction of sp³-hybridized carbons (Fsp3) is 0.750. The summed E-state index contributed by atoms with van der Waals surface area (Å²) < 4.78 is 8.68. The summed E-state index contributed by atoms with van der Waals surface area (Å²) in [4.78, 5) is 21.5. The molecule has 1 heterocycles. The molecule has 0 saturated carbocycles. The first-order valence-corrected chi connectivity index (χ1v) is 4.42. The van der Waals surface area contributed by atoms with Crippen molar-refractivity contribution < 1.29 is 39.5 Å². The van der Waals surface area contributed by atoms with Crippen LogP contribution < -0.4 is 0 Å². The van der Waals surface area contributed by atoms with E-state index < -0.39 is 42.6 Å². The number of Topliss-reactive ketones (excluding diaryl/α,β-unsaturated/α-hetero) is 1. The van der Waals surface area contributed by atoms with E-state index in [0.29, 0.717) is 0 Å². The van der Waals surface area contributed by atoms with Crippen molar-refractivity contribution in [2.24, 2.45) is 0 Å². The predicted molar refractivity (Wildman–Crippen MR) is 45.7 cm³/mol. The molecular formula is C8H12O8. The predicted octanol–water partition coefficient (Wildman–Crippen LogP) is -3.12. The monoisotopic (exact) mass is 236 g/mol. The molecule has 0 spiro atoms. The summed E-state index contributed by atoms with van der Waals surface area (Å²) >= 11 is 0. The highest BCUT2D eigenvalue weighted by molar-refractivity contribution is 6.32. The number of aliphatic hydroxyl groups is 4. The normalized spacial score (nSPS) is 39.2. The van der Waals surface area contributed by atoms with E-state index in [4.69, 9.17) is 5.11 Å². The summed E-state index contributed by atoms with van der Waals surface area (Å²) in [6.07, 6.45) is -5.25. The first-order valence-electron chi connectivity index (χ1n) is 4.42. The number of hydrogen-bond donors (Lipinski definition) is 4. The zero-order valence-corrected chi connectivity index (χ0v) is 8.36. The highest BCUT2D eigenvalue weighted by atomic mass is 16.8. The quantitative estimate of drug-likeness (QED) is 0.225. The van der Waals surface area contributed by atoms with Crippen LogP contribution in [0.5, 0.6) is 0 Å². The molecule has 0 bridgehead atoms. The van der Waals surface area contributed by atoms with Gasteiger partial charge in [-0.05, 0) is 0 Å². The minimum Gasteiger partial charge on any atom is -0.400 e. The van der Waals surface area contributed by atoms with E-state index >= 15 is 0 Å². The van der Waals surface area contributed by atoms with Crippen molar-refractivity contribution in [3.05, 3.63) is 0 Å². The average Bonchev–Trinajstić information content (AvgIpc) is 2.21. The maximum absolute atomic E-state index is 10.9. The number of rotatable bonds is 2. The fourth-order valence-corrected chi connectivity index (χ4v) is 1.11. The fourth-order valence-electron chi connectivity index (χ4n) is 1.11. The lowest BCUT2D eigenvalue weighted by molar-refractivity contribution is -0.414. The van der Waals surface area contributed by atoms with Crippen molar-refractivity contribution >= 4 is 11.8 Å². The zero-order valence-electron chi connectivity index (χ0n) is 8.36. The van der Waals surface area contributed by atoms with Gasteiger partial charge in [0.2, 0.25) is 5.78 Å². The number of esters is 1. The van der Waals surface area contributed by atoms with Gasteiger partial charge in [-0.1, -0.05) is 0 Å². The molecule has 16 heavy (non-hydrogen) atoms. The lowest BCUT2D eigenvalue weighted by atomic mass is 10.0. The summed E-state index contributed by atoms with van der Waals surface area (Å²) in [5, 5.41) is 37.1. The van der Waals surface area contributed by atoms with Crippen LogP contribution in [0, 0.1) is 0 Å². The minimum atomic E-state index is -2.83. The third kappa shape index (κ3) is 2.36. The van der Waals surface area contributed by atoms with Gasteiger partial charge in [0.25, 0.3) is 0 Å². The Morgan fingerprint density at radius 3 is 2.44 bits per heavy atom. The molecule has 0 amide bonds. The first-order chi connectivity index (χ1) is 7.28. The largest absolute Gasteiger partial charge is 0.400 e. The van der Waals surface area contributed by atoms with Gasteiger partial charge in [-0.2, -0.15) is 0 Å². The maximum Gasteiger partial charge on any atom is 0.378 e. The van der Waals surface area contributed by atoms with Crippen LogP contribution in [-0.4, -0.2) is 63.1 Å². The average molecular weight is 236 g/mol. The number of carbonyl (C=O) groups is 2. The molecule has 1 saturated heterocycles. The van der Waals surface area contributed by atoms with Crippen molar-refractivity contribution in [1.82, 2.24) is 0 Å². The molecule has 1 aliphatic rings. The third-order valence-corrected chi connectivity index (χ3v) is 2.08. The minimum absolute atomic E-state index is 0.556. The van der Waals surface area contributed by atoms with Crippen LogP contribution in [0.25, 0.3) is 0 Å². The second-order valence-electron chi connectivity index (χ2n) is 3.39. The van der Waals surface area contributed by atoms with Gasteiger partial charge in [0.15, 0.2) is 6.10 Å². The summed E-state index contributed by atoms with van der Waals surface area (Å²) in [7, 11) is 0. The molecule has 0 aromatic carbocycles. The van der Waals surface area contributed by atoms with Crippen LogP contribution in [0.1, 0.15) is 6.92 Å². The summed E-state index contributed by atoms with van der Waals surface area (Å²) in [6, 6.07) is 0. The Kier molecular flexibility index (Phi) is 3.61. The molecule has 4 N–H and O–H groups in total. The SMILES string of the molecule is CC(=O)C(=O)OC1(O)OC[C@@H](O)[C@H](O)[C@H]1O. The molecule has 1 unspecified atom stereocenters. The second-order valence-corrected chi connectivity index (χ2v) is 3.39. The van der Waals surface area contributed by atoms with E-state index in [2.05, 4.69) is 9.47 Å². The molecule has 1 aliphatic heterocycles. The van der Waals surface area contributed by atoms with Gasteiger partial charge in [-0.3, -0.25) is 4.79 Å². The Morgan fingerprint density at radius 2 is 1.94 bits per heavy atom. The molecule has 0 aromatic heterocycles. The molecule has 0 radical (unpaired) electrons. The van der Waals surface area contributed by atoms with Gasteiger partial charge in [-0.25, -0.2) is 4.79 Å². The number of aliphatic hydroxyl groups excluding tert-OH is 3. The van der Waals surface area contributed by atoms with E-state index in [0.717, 1.165) is 6.92 Å². The van der Waals surface area contributed by atoms with E-state index in [1.165, 1.54) is 0 Å². The number of ether oxygens (including phenoxy) is 2. The highest BCUT2D eigenvalue weighted by Gasteiger charge is 2.52. The molecule has 1 fully saturated rings. The van der Waals surface area contributed by atoms with Gasteiger partial charge in [0, 0.05) is 6.92 Å². The number of hydrogen-bond acceptors (Lipinski definition) is 8. The van der Waals surface area contributed by atoms with Crippen LogP contribution in [0.15, 0.2) is 0 Å². The topological polar surface area (TPSA) is 134 Å². The molecule has 4 atom stereocenters. The summed E-state index contributed by atoms with van der Waals surface area (Å²) in [5.74, 6) is -5.27. The Hall–Kier alpha value is -1.06. The van der Waals surface area contributed by atoms with Crippen molar-refractivity contribution in [3.8, 4) is 0 Å². The van der Waals surface area contributed by atoms with Gasteiger partial charge in [0.1, 0.15) is 12.2 Å². The van der Waals surface area contributed by atoms with Gasteiger partial charge in [-0.15, -0.1) is 0 Å². The molecule has 0 aromatic rings. The van der Waals surface area contributed by atoms with Crippen molar-refractivity contribution in [2.75, 3.05) is 6.61 Å². The van der Waals surface area contributed by atoms with Gasteiger partial charge >= 0.3 is 11.9 Å². The molecular weight excluding hydrogens is 224 g/mol. The van der Waals surface area contributed by atoms with Crippen LogP contribution in [-0.2, 0) is 19.1 Å². The number of ketones is 1. The van der Waals surface area contributed by atoms with E-state index in [1.807, 2.05) is 0 Å². The molecule has 8 nitrogen and oxygen atoms in total. The van der Waals surface area contributed by atoms with Gasteiger partial charge in [0.05, 0.1) is 6.61 Å². The Bertz CT molecular complexity index is 302. The lowest BCUT2D eigenvalue weighted by Gasteiger charge is -2.39. The molecule has 8 heteroatoms. The van der Waals surface area contributed by atoms with E-state index in [9.17, 15) is 24.9 Å². The summed E-state index contributed by atoms with van der Waals surface area (Å²) in [5.41, 5.74) is 0. The zero-order chi connectivity index (χ0) is 12.5. The van der Waals surface area contributed by atoms with Gasteiger partial charge < -0.3 is 29.9 Å². The van der Waals surface area contributed by atoms with Crippen LogP contribution in [0.3, 0.4) is 0 Å².